The van der Waals surface area contributed by atoms with Gasteiger partial charge in [0.1, 0.15) is 0 Å². The maximum Gasteiger partial charge on any atom is 0.0579 e. The molecule has 3 aromatic rings. The highest BCUT2D eigenvalue weighted by molar-refractivity contribution is 7.01. The third-order valence-corrected chi connectivity index (χ3v) is 11.1. The lowest BCUT2D eigenvalue weighted by Gasteiger charge is -2.44. The second-order valence-electron chi connectivity index (χ2n) is 10.1. The van der Waals surface area contributed by atoms with E-state index in [1.54, 1.807) is 0 Å². The Morgan fingerprint density at radius 3 is 2.32 bits per heavy atom. The minimum atomic E-state index is -1.97. The van der Waals surface area contributed by atoms with Crippen molar-refractivity contribution in [1.29, 1.82) is 0 Å². The Bertz CT molecular complexity index is 1410. The highest BCUT2D eigenvalue weighted by Crippen LogP contribution is 2.31. The molecule has 0 aromatic heterocycles. The van der Waals surface area contributed by atoms with Crippen molar-refractivity contribution in [2.45, 2.75) is 33.4 Å². The van der Waals surface area contributed by atoms with Crippen LogP contribution in [0.25, 0.3) is 5.57 Å². The molecule has 2 aliphatic heterocycles. The smallest absolute Gasteiger partial charge is 0.0579 e. The fourth-order valence-electron chi connectivity index (χ4n) is 5.83. The summed E-state index contributed by atoms with van der Waals surface area (Å²) in [4.78, 5) is 7.18. The van der Waals surface area contributed by atoms with E-state index >= 15 is 0 Å². The second kappa shape index (κ2) is 8.55. The number of benzene rings is 3. The first-order valence-corrected chi connectivity index (χ1v) is 15.3. The first kappa shape index (κ1) is 22.6. The Balaban J connectivity index is 1.88. The van der Waals surface area contributed by atoms with Gasteiger partial charge in [0.15, 0.2) is 0 Å². The van der Waals surface area contributed by atoms with Crippen LogP contribution in [0.1, 0.15) is 27.8 Å². The predicted molar refractivity (Wildman–Crippen MR) is 149 cm³/mol. The number of fused-ring (bicyclic) bond motifs is 3. The van der Waals surface area contributed by atoms with Crippen LogP contribution < -0.4 is 25.8 Å². The SMILES string of the molecule is C=CCN(CC=C)c1ccc2c(c1)[Si-](C)(C)c1cc3c(cc1=C2c1c(C)cccc1C)CCN=3. The molecule has 0 amide bonds. The van der Waals surface area contributed by atoms with Crippen molar-refractivity contribution in [3.63, 3.8) is 0 Å². The average Bonchev–Trinajstić information content (AvgIpc) is 3.27. The molecule has 34 heavy (non-hydrogen) atoms. The number of anilines is 1. The van der Waals surface area contributed by atoms with Gasteiger partial charge < -0.3 is 4.90 Å². The summed E-state index contributed by atoms with van der Waals surface area (Å²) in [5.74, 6) is 0. The number of hydrogen-bond acceptors (Lipinski definition) is 2. The van der Waals surface area contributed by atoms with Crippen LogP contribution in [0.2, 0.25) is 13.1 Å². The maximum absolute atomic E-state index is 4.84. The van der Waals surface area contributed by atoms with Crippen LogP contribution in [0.5, 0.6) is 0 Å². The van der Waals surface area contributed by atoms with Crippen molar-refractivity contribution in [2.24, 2.45) is 4.99 Å². The maximum atomic E-state index is 4.84. The largest absolute Gasteiger partial charge is 0.364 e. The van der Waals surface area contributed by atoms with Crippen LogP contribution in [-0.2, 0) is 6.42 Å². The van der Waals surface area contributed by atoms with Crippen molar-refractivity contribution in [3.8, 4) is 0 Å². The number of nitrogens with zero attached hydrogens (tertiary/aromatic N) is 2. The Morgan fingerprint density at radius 2 is 1.65 bits per heavy atom. The molecule has 0 aliphatic carbocycles. The van der Waals surface area contributed by atoms with Crippen molar-refractivity contribution in [1.82, 2.24) is 0 Å². The lowest BCUT2D eigenvalue weighted by molar-refractivity contribution is 0.957. The van der Waals surface area contributed by atoms with E-state index in [0.717, 1.165) is 26.1 Å². The van der Waals surface area contributed by atoms with E-state index in [0.29, 0.717) is 0 Å². The van der Waals surface area contributed by atoms with E-state index in [-0.39, 0.29) is 0 Å². The first-order valence-electron chi connectivity index (χ1n) is 12.3. The number of rotatable bonds is 6. The number of aryl methyl sites for hydroxylation is 2. The van der Waals surface area contributed by atoms with Gasteiger partial charge in [0, 0.05) is 25.3 Å². The van der Waals surface area contributed by atoms with E-state index in [9.17, 15) is 0 Å². The van der Waals surface area contributed by atoms with E-state index in [1.807, 2.05) is 12.2 Å². The van der Waals surface area contributed by atoms with Crippen molar-refractivity contribution in [2.75, 3.05) is 24.5 Å². The van der Waals surface area contributed by atoms with Crippen LogP contribution >= 0.6 is 0 Å². The Hall–Kier alpha value is -3.17. The Labute approximate surface area is 204 Å². The molecule has 0 saturated heterocycles. The molecular weight excluding hydrogens is 428 g/mol. The van der Waals surface area contributed by atoms with E-state index in [1.165, 1.54) is 60.0 Å². The van der Waals surface area contributed by atoms with Gasteiger partial charge in [-0.2, -0.15) is 23.5 Å². The highest BCUT2D eigenvalue weighted by Gasteiger charge is 2.28. The van der Waals surface area contributed by atoms with Crippen LogP contribution in [-0.4, -0.2) is 27.7 Å². The van der Waals surface area contributed by atoms with Crippen molar-refractivity contribution in [3.05, 3.63) is 112 Å². The van der Waals surface area contributed by atoms with Crippen molar-refractivity contribution >= 4 is 29.7 Å². The molecule has 0 unspecified atom stereocenters. The predicted octanol–water partition coefficient (Wildman–Crippen LogP) is 4.04. The van der Waals surface area contributed by atoms with Crippen LogP contribution in [0.15, 0.2) is 78.8 Å². The summed E-state index contributed by atoms with van der Waals surface area (Å²) in [6.45, 7) is 20.0. The standard InChI is InChI=1S/C31H34N2Si/c1-7-16-33(17-8-2)24-12-13-25-28(19-24)34(5,6)29-20-27-23(14-15-32-27)18-26(29)31(25)30-21(3)10-9-11-22(30)4/h7-13,18-20H,1-2,14-17H2,3-6H3/q-1. The summed E-state index contributed by atoms with van der Waals surface area (Å²) in [6, 6.07) is 18.7. The lowest BCUT2D eigenvalue weighted by atomic mass is 9.88. The zero-order valence-corrected chi connectivity index (χ0v) is 21.9. The summed E-state index contributed by atoms with van der Waals surface area (Å²) in [5.41, 5.74) is 9.49. The molecule has 0 spiro atoms. The highest BCUT2D eigenvalue weighted by atomic mass is 28.3. The Morgan fingerprint density at radius 1 is 0.941 bits per heavy atom. The third kappa shape index (κ3) is 3.50. The Kier molecular flexibility index (Phi) is 5.69. The third-order valence-electron chi connectivity index (χ3n) is 7.57. The van der Waals surface area contributed by atoms with Gasteiger partial charge in [-0.25, -0.2) is 0 Å². The van der Waals surface area contributed by atoms with Crippen LogP contribution in [0.3, 0.4) is 0 Å². The fraction of sp³-hybridized carbons (Fsp3) is 0.258. The lowest BCUT2D eigenvalue weighted by Crippen LogP contribution is -2.63. The van der Waals surface area contributed by atoms with Gasteiger partial charge in [-0.05, 0) is 64.9 Å². The summed E-state index contributed by atoms with van der Waals surface area (Å²) < 4.78 is 0. The minimum Gasteiger partial charge on any atom is -0.364 e. The van der Waals surface area contributed by atoms with Gasteiger partial charge in [0.25, 0.3) is 0 Å². The molecular formula is C31H34N2Si-. The zero-order chi connectivity index (χ0) is 24.0. The summed E-state index contributed by atoms with van der Waals surface area (Å²) >= 11 is 0. The molecule has 0 atom stereocenters. The molecule has 0 N–H and O–H groups in total. The summed E-state index contributed by atoms with van der Waals surface area (Å²) in [6.07, 6.45) is 4.99. The van der Waals surface area contributed by atoms with Gasteiger partial charge in [0.2, 0.25) is 0 Å². The average molecular weight is 463 g/mol. The summed E-state index contributed by atoms with van der Waals surface area (Å²) in [5, 5.41) is 5.66. The molecule has 3 aromatic carbocycles. The molecule has 2 heterocycles. The van der Waals surface area contributed by atoms with E-state index < -0.39 is 8.07 Å². The van der Waals surface area contributed by atoms with E-state index in [4.69, 9.17) is 4.99 Å². The van der Waals surface area contributed by atoms with Crippen LogP contribution in [0, 0.1) is 13.8 Å². The van der Waals surface area contributed by atoms with E-state index in [2.05, 4.69) is 93.5 Å². The van der Waals surface area contributed by atoms with Gasteiger partial charge in [0.05, 0.1) is 5.36 Å². The number of hydrogen-bond donors (Lipinski definition) is 0. The molecule has 0 bridgehead atoms. The molecule has 173 valence electrons. The van der Waals surface area contributed by atoms with Gasteiger partial charge in [-0.1, -0.05) is 62.7 Å². The zero-order valence-electron chi connectivity index (χ0n) is 20.9. The molecule has 5 rings (SSSR count). The minimum absolute atomic E-state index is 0.809. The van der Waals surface area contributed by atoms with Gasteiger partial charge in [-0.15, -0.1) is 13.2 Å². The van der Waals surface area contributed by atoms with Crippen molar-refractivity contribution < 1.29 is 0 Å². The molecule has 0 saturated carbocycles. The molecule has 2 nitrogen and oxygen atoms in total. The normalized spacial score (nSPS) is 15.1. The van der Waals surface area contributed by atoms with Gasteiger partial charge >= 0.3 is 0 Å². The first-order chi connectivity index (χ1) is 16.4. The molecule has 0 fully saturated rings. The topological polar surface area (TPSA) is 15.6 Å². The molecule has 3 heteroatoms. The quantitative estimate of drug-likeness (QED) is 0.399. The van der Waals surface area contributed by atoms with Gasteiger partial charge in [-0.3, -0.25) is 4.99 Å². The van der Waals surface area contributed by atoms with Crippen LogP contribution in [0.4, 0.5) is 5.69 Å². The second-order valence-corrected chi connectivity index (χ2v) is 14.5. The monoisotopic (exact) mass is 462 g/mol. The summed E-state index contributed by atoms with van der Waals surface area (Å²) in [7, 11) is -1.97. The fourth-order valence-corrected chi connectivity index (χ4v) is 8.88. The molecule has 2 aliphatic rings. The molecule has 0 radical (unpaired) electrons.